The van der Waals surface area contributed by atoms with E-state index >= 15 is 0 Å². The molecule has 1 aliphatic carbocycles. The Balaban J connectivity index is 1.31. The molecule has 1 aromatic rings. The van der Waals surface area contributed by atoms with Gasteiger partial charge in [0.2, 0.25) is 5.91 Å². The van der Waals surface area contributed by atoms with Crippen LogP contribution in [0.3, 0.4) is 0 Å². The summed E-state index contributed by atoms with van der Waals surface area (Å²) in [5.74, 6) is -4.30. The van der Waals surface area contributed by atoms with Crippen molar-refractivity contribution in [1.82, 2.24) is 9.80 Å². The van der Waals surface area contributed by atoms with Crippen LogP contribution in [0, 0.1) is 40.6 Å². The van der Waals surface area contributed by atoms with Gasteiger partial charge in [-0.15, -0.1) is 0 Å². The van der Waals surface area contributed by atoms with Gasteiger partial charge in [-0.25, -0.2) is 13.2 Å². The lowest BCUT2D eigenvalue weighted by atomic mass is 9.84. The number of halogens is 3. The highest BCUT2D eigenvalue weighted by atomic mass is 19.2. The van der Waals surface area contributed by atoms with Crippen LogP contribution in [0.25, 0.3) is 0 Å². The lowest BCUT2D eigenvalue weighted by molar-refractivity contribution is -0.135. The molecule has 9 heteroatoms. The van der Waals surface area contributed by atoms with Gasteiger partial charge >= 0.3 is 0 Å². The summed E-state index contributed by atoms with van der Waals surface area (Å²) in [7, 11) is 0. The number of nitrogens with two attached hydrogens (primary N) is 1. The quantitative estimate of drug-likeness (QED) is 0.743. The number of piperidine rings is 2. The van der Waals surface area contributed by atoms with Gasteiger partial charge < -0.3 is 15.5 Å². The number of hydrogen-bond donors (Lipinski definition) is 1. The first-order valence-corrected chi connectivity index (χ1v) is 10.7. The highest BCUT2D eigenvalue weighted by Gasteiger charge is 2.56. The summed E-state index contributed by atoms with van der Waals surface area (Å²) in [6.07, 6.45) is 3.98. The van der Waals surface area contributed by atoms with E-state index in [2.05, 4.69) is 6.07 Å². The molecule has 0 spiro atoms. The molecule has 31 heavy (non-hydrogen) atoms. The third-order valence-electron chi connectivity index (χ3n) is 7.55. The zero-order valence-electron chi connectivity index (χ0n) is 16.8. The Labute approximate surface area is 177 Å². The van der Waals surface area contributed by atoms with Crippen LogP contribution in [0.1, 0.15) is 48.9 Å². The Hall–Kier alpha value is -2.60. The molecule has 2 unspecified atom stereocenters. The summed E-state index contributed by atoms with van der Waals surface area (Å²) in [5, 5.41) is 9.36. The molecule has 3 heterocycles. The first kappa shape index (κ1) is 20.3. The number of nitrogens with zero attached hydrogens (tertiary/aromatic N) is 3. The predicted octanol–water partition coefficient (Wildman–Crippen LogP) is 2.33. The van der Waals surface area contributed by atoms with E-state index in [1.54, 1.807) is 9.80 Å². The van der Waals surface area contributed by atoms with Gasteiger partial charge in [0.25, 0.3) is 5.91 Å². The SMILES string of the molecule is N#C[C@@H]1C[C@@H]2C[C@@H]2N1C(=O)[C@@H](N)C1CC2CCC(C1)N2C(=O)c1cc(F)c(F)cc1F. The van der Waals surface area contributed by atoms with Gasteiger partial charge in [0.05, 0.1) is 17.7 Å². The standard InChI is InChI=1S/C22H23F3N4O2/c23-16-8-18(25)17(24)7-15(16)21(30)28-12-1-2-13(28)5-11(4-12)20(27)22(31)29-14(9-26)3-10-6-19(10)29/h7-8,10-14,19-20H,1-6,27H2/t10-,11?,12?,13?,14+,19+,20+/m1/s1. The van der Waals surface area contributed by atoms with Crippen LogP contribution in [-0.4, -0.2) is 51.8 Å². The van der Waals surface area contributed by atoms with Crippen LogP contribution in [-0.2, 0) is 4.79 Å². The summed E-state index contributed by atoms with van der Waals surface area (Å²) in [5.41, 5.74) is 5.88. The van der Waals surface area contributed by atoms with E-state index in [0.717, 1.165) is 6.42 Å². The van der Waals surface area contributed by atoms with Crippen LogP contribution < -0.4 is 5.73 Å². The van der Waals surface area contributed by atoms with Crippen LogP contribution in [0.5, 0.6) is 0 Å². The summed E-state index contributed by atoms with van der Waals surface area (Å²) in [4.78, 5) is 29.2. The van der Waals surface area contributed by atoms with Crippen molar-refractivity contribution in [3.8, 4) is 6.07 Å². The number of amides is 2. The molecule has 6 atom stereocenters. The van der Waals surface area contributed by atoms with Crippen molar-refractivity contribution >= 4 is 11.8 Å². The van der Waals surface area contributed by atoms with Gasteiger partial charge in [-0.2, -0.15) is 5.26 Å². The predicted molar refractivity (Wildman–Crippen MR) is 103 cm³/mol. The number of rotatable bonds is 3. The molecule has 3 saturated heterocycles. The third-order valence-corrected chi connectivity index (χ3v) is 7.55. The molecule has 2 amide bonds. The van der Waals surface area contributed by atoms with Crippen LogP contribution in [0.2, 0.25) is 0 Å². The maximum atomic E-state index is 14.2. The van der Waals surface area contributed by atoms with E-state index in [1.807, 2.05) is 0 Å². The van der Waals surface area contributed by atoms with Gasteiger partial charge in [-0.05, 0) is 56.4 Å². The molecule has 3 aliphatic heterocycles. The average molecular weight is 432 g/mol. The minimum atomic E-state index is -1.34. The van der Waals surface area contributed by atoms with E-state index in [-0.39, 0.29) is 30.0 Å². The number of nitriles is 1. The fraction of sp³-hybridized carbons (Fsp3) is 0.591. The second kappa shape index (κ2) is 7.23. The molecule has 4 aliphatic rings. The fourth-order valence-electron chi connectivity index (χ4n) is 5.93. The zero-order chi connectivity index (χ0) is 22.0. The molecule has 1 aromatic carbocycles. The lowest BCUT2D eigenvalue weighted by Crippen LogP contribution is -2.55. The van der Waals surface area contributed by atoms with Gasteiger partial charge in [0, 0.05) is 24.2 Å². The minimum absolute atomic E-state index is 0.123. The Morgan fingerprint density at radius 3 is 2.29 bits per heavy atom. The van der Waals surface area contributed by atoms with Gasteiger partial charge in [0.1, 0.15) is 11.9 Å². The molecule has 164 valence electrons. The van der Waals surface area contributed by atoms with Crippen molar-refractivity contribution in [2.45, 2.75) is 68.7 Å². The van der Waals surface area contributed by atoms with E-state index in [9.17, 15) is 28.0 Å². The van der Waals surface area contributed by atoms with E-state index < -0.39 is 41.0 Å². The number of carbonyl (C=O) groups is 2. The van der Waals surface area contributed by atoms with Gasteiger partial charge in [0.15, 0.2) is 11.6 Å². The van der Waals surface area contributed by atoms with E-state index in [1.165, 1.54) is 0 Å². The fourth-order valence-corrected chi connectivity index (χ4v) is 5.93. The largest absolute Gasteiger partial charge is 0.333 e. The van der Waals surface area contributed by atoms with Crippen molar-refractivity contribution in [2.75, 3.05) is 0 Å². The summed E-state index contributed by atoms with van der Waals surface area (Å²) < 4.78 is 41.0. The number of likely N-dealkylation sites (tertiary alicyclic amines) is 1. The van der Waals surface area contributed by atoms with Crippen LogP contribution >= 0.6 is 0 Å². The molecular formula is C22H23F3N4O2. The first-order chi connectivity index (χ1) is 14.8. The second-order valence-electron chi connectivity index (χ2n) is 9.29. The molecule has 1 saturated carbocycles. The van der Waals surface area contributed by atoms with E-state index in [4.69, 9.17) is 5.73 Å². The molecule has 6 nitrogen and oxygen atoms in total. The smallest absolute Gasteiger partial charge is 0.257 e. The Bertz CT molecular complexity index is 982. The Kier molecular flexibility index (Phi) is 4.74. The number of benzene rings is 1. The van der Waals surface area contributed by atoms with Gasteiger partial charge in [-0.1, -0.05) is 0 Å². The zero-order valence-corrected chi connectivity index (χ0v) is 16.8. The first-order valence-electron chi connectivity index (χ1n) is 10.7. The topological polar surface area (TPSA) is 90.4 Å². The Morgan fingerprint density at radius 2 is 1.65 bits per heavy atom. The van der Waals surface area contributed by atoms with Crippen molar-refractivity contribution in [3.05, 3.63) is 35.1 Å². The Morgan fingerprint density at radius 1 is 1.00 bits per heavy atom. The van der Waals surface area contributed by atoms with Crippen molar-refractivity contribution in [2.24, 2.45) is 17.6 Å². The molecule has 5 rings (SSSR count). The summed E-state index contributed by atoms with van der Waals surface area (Å²) in [6, 6.07) is 1.68. The highest BCUT2D eigenvalue weighted by Crippen LogP contribution is 2.48. The molecular weight excluding hydrogens is 409 g/mol. The molecule has 2 bridgehead atoms. The highest BCUT2D eigenvalue weighted by molar-refractivity contribution is 5.95. The van der Waals surface area contributed by atoms with Gasteiger partial charge in [-0.3, -0.25) is 9.59 Å². The van der Waals surface area contributed by atoms with Crippen molar-refractivity contribution in [3.63, 3.8) is 0 Å². The summed E-state index contributed by atoms with van der Waals surface area (Å²) in [6.45, 7) is 0. The summed E-state index contributed by atoms with van der Waals surface area (Å²) >= 11 is 0. The van der Waals surface area contributed by atoms with Crippen LogP contribution in [0.15, 0.2) is 12.1 Å². The van der Waals surface area contributed by atoms with Crippen LogP contribution in [0.4, 0.5) is 13.2 Å². The second-order valence-corrected chi connectivity index (χ2v) is 9.29. The average Bonchev–Trinajstić information content (AvgIpc) is 3.34. The maximum Gasteiger partial charge on any atom is 0.257 e. The molecule has 2 N–H and O–H groups in total. The third kappa shape index (κ3) is 3.19. The monoisotopic (exact) mass is 432 g/mol. The number of carbonyl (C=O) groups excluding carboxylic acids is 2. The lowest BCUT2D eigenvalue weighted by Gasteiger charge is -2.41. The number of hydrogen-bond acceptors (Lipinski definition) is 4. The van der Waals surface area contributed by atoms with Crippen molar-refractivity contribution < 1.29 is 22.8 Å². The molecule has 4 fully saturated rings. The number of fused-ring (bicyclic) bond motifs is 3. The van der Waals surface area contributed by atoms with Crippen molar-refractivity contribution in [1.29, 1.82) is 5.26 Å². The maximum absolute atomic E-state index is 14.2. The minimum Gasteiger partial charge on any atom is -0.333 e. The molecule has 0 aromatic heterocycles. The normalized spacial score (nSPS) is 34.3. The van der Waals surface area contributed by atoms with E-state index in [0.29, 0.717) is 50.2 Å². The molecule has 0 radical (unpaired) electrons.